The molecule has 6 nitrogen and oxygen atoms in total. The van der Waals surface area contributed by atoms with Crippen LogP contribution in [0.3, 0.4) is 0 Å². The van der Waals surface area contributed by atoms with E-state index in [4.69, 9.17) is 5.11 Å². The molecular formula is C13H19N3O3. The molecule has 1 fully saturated rings. The third kappa shape index (κ3) is 3.13. The van der Waals surface area contributed by atoms with Crippen molar-refractivity contribution in [1.82, 2.24) is 9.55 Å². The summed E-state index contributed by atoms with van der Waals surface area (Å²) in [6.45, 7) is 5.97. The van der Waals surface area contributed by atoms with Crippen LogP contribution in [0.25, 0.3) is 0 Å². The Bertz CT molecular complexity index is 518. The van der Waals surface area contributed by atoms with E-state index in [0.29, 0.717) is 31.4 Å². The second kappa shape index (κ2) is 5.42. The van der Waals surface area contributed by atoms with E-state index < -0.39 is 5.97 Å². The SMILES string of the molecule is CC(C)Cn1ccnc(N2CC(CC(=O)O)C2)c1=O. The summed E-state index contributed by atoms with van der Waals surface area (Å²) in [6, 6.07) is 0. The molecule has 1 aliphatic rings. The van der Waals surface area contributed by atoms with Crippen LogP contribution in [-0.2, 0) is 11.3 Å². The summed E-state index contributed by atoms with van der Waals surface area (Å²) >= 11 is 0. The first-order chi connectivity index (χ1) is 8.97. The molecule has 0 spiro atoms. The van der Waals surface area contributed by atoms with Gasteiger partial charge in [0.05, 0.1) is 6.42 Å². The summed E-state index contributed by atoms with van der Waals surface area (Å²) in [5, 5.41) is 8.70. The molecule has 0 unspecified atom stereocenters. The van der Waals surface area contributed by atoms with E-state index >= 15 is 0 Å². The Morgan fingerprint density at radius 3 is 2.79 bits per heavy atom. The van der Waals surface area contributed by atoms with E-state index in [1.165, 1.54) is 0 Å². The van der Waals surface area contributed by atoms with Gasteiger partial charge in [0.1, 0.15) is 0 Å². The number of carboxylic acid groups (broad SMARTS) is 1. The van der Waals surface area contributed by atoms with Gasteiger partial charge in [0.15, 0.2) is 5.82 Å². The van der Waals surface area contributed by atoms with Crippen LogP contribution in [0.2, 0.25) is 0 Å². The third-order valence-electron chi connectivity index (χ3n) is 3.18. The van der Waals surface area contributed by atoms with Gasteiger partial charge in [-0.1, -0.05) is 13.8 Å². The van der Waals surface area contributed by atoms with Crippen molar-refractivity contribution in [2.45, 2.75) is 26.8 Å². The zero-order valence-electron chi connectivity index (χ0n) is 11.2. The van der Waals surface area contributed by atoms with Gasteiger partial charge >= 0.3 is 5.97 Å². The number of anilines is 1. The van der Waals surface area contributed by atoms with Gasteiger partial charge < -0.3 is 14.6 Å². The van der Waals surface area contributed by atoms with Gasteiger partial charge in [0.2, 0.25) is 0 Å². The van der Waals surface area contributed by atoms with Crippen LogP contribution in [-0.4, -0.2) is 33.7 Å². The maximum Gasteiger partial charge on any atom is 0.303 e. The van der Waals surface area contributed by atoms with Gasteiger partial charge in [-0.25, -0.2) is 4.98 Å². The van der Waals surface area contributed by atoms with Crippen molar-refractivity contribution < 1.29 is 9.90 Å². The first-order valence-corrected chi connectivity index (χ1v) is 6.49. The van der Waals surface area contributed by atoms with Crippen LogP contribution < -0.4 is 10.5 Å². The summed E-state index contributed by atoms with van der Waals surface area (Å²) in [5.41, 5.74) is -0.0926. The highest BCUT2D eigenvalue weighted by atomic mass is 16.4. The van der Waals surface area contributed by atoms with Crippen LogP contribution in [0.5, 0.6) is 0 Å². The highest BCUT2D eigenvalue weighted by Crippen LogP contribution is 2.22. The summed E-state index contributed by atoms with van der Waals surface area (Å²) in [4.78, 5) is 28.8. The topological polar surface area (TPSA) is 75.4 Å². The van der Waals surface area contributed by atoms with Crippen molar-refractivity contribution in [3.63, 3.8) is 0 Å². The predicted molar refractivity (Wildman–Crippen MR) is 71.3 cm³/mol. The molecule has 2 heterocycles. The Labute approximate surface area is 111 Å². The summed E-state index contributed by atoms with van der Waals surface area (Å²) in [5.74, 6) is 0.161. The number of rotatable bonds is 5. The first-order valence-electron chi connectivity index (χ1n) is 6.49. The molecule has 0 radical (unpaired) electrons. The maximum atomic E-state index is 12.2. The van der Waals surface area contributed by atoms with Gasteiger partial charge in [-0.3, -0.25) is 9.59 Å². The van der Waals surface area contributed by atoms with Gasteiger partial charge in [-0.05, 0) is 5.92 Å². The average molecular weight is 265 g/mol. The van der Waals surface area contributed by atoms with Gasteiger partial charge in [0, 0.05) is 37.9 Å². The summed E-state index contributed by atoms with van der Waals surface area (Å²) in [7, 11) is 0. The molecule has 6 heteroatoms. The Morgan fingerprint density at radius 2 is 2.21 bits per heavy atom. The lowest BCUT2D eigenvalue weighted by molar-refractivity contribution is -0.138. The summed E-state index contributed by atoms with van der Waals surface area (Å²) in [6.07, 6.45) is 3.48. The molecule has 1 aliphatic heterocycles. The average Bonchev–Trinajstić information content (AvgIpc) is 2.26. The van der Waals surface area contributed by atoms with Crippen LogP contribution >= 0.6 is 0 Å². The van der Waals surface area contributed by atoms with Crippen LogP contribution in [0.15, 0.2) is 17.2 Å². The lowest BCUT2D eigenvalue weighted by Gasteiger charge is -2.39. The minimum absolute atomic E-state index is 0.0926. The molecule has 0 bridgehead atoms. The molecule has 2 rings (SSSR count). The highest BCUT2D eigenvalue weighted by Gasteiger charge is 2.31. The molecule has 1 aromatic rings. The lowest BCUT2D eigenvalue weighted by Crippen LogP contribution is -2.50. The lowest BCUT2D eigenvalue weighted by atomic mass is 9.96. The summed E-state index contributed by atoms with van der Waals surface area (Å²) < 4.78 is 1.66. The van der Waals surface area contributed by atoms with E-state index in [-0.39, 0.29) is 17.9 Å². The minimum Gasteiger partial charge on any atom is -0.481 e. The van der Waals surface area contributed by atoms with Crippen molar-refractivity contribution in [3.8, 4) is 0 Å². The van der Waals surface area contributed by atoms with Crippen molar-refractivity contribution >= 4 is 11.8 Å². The second-order valence-electron chi connectivity index (χ2n) is 5.47. The molecular weight excluding hydrogens is 246 g/mol. The van der Waals surface area contributed by atoms with Crippen molar-refractivity contribution in [2.75, 3.05) is 18.0 Å². The number of carboxylic acids is 1. The molecule has 104 valence electrons. The smallest absolute Gasteiger partial charge is 0.303 e. The monoisotopic (exact) mass is 265 g/mol. The predicted octanol–water partition coefficient (Wildman–Crippen LogP) is 0.810. The largest absolute Gasteiger partial charge is 0.481 e. The van der Waals surface area contributed by atoms with Crippen molar-refractivity contribution in [1.29, 1.82) is 0 Å². The van der Waals surface area contributed by atoms with E-state index in [9.17, 15) is 9.59 Å². The molecule has 0 aromatic carbocycles. The minimum atomic E-state index is -0.789. The Morgan fingerprint density at radius 1 is 1.53 bits per heavy atom. The van der Waals surface area contributed by atoms with Crippen molar-refractivity contribution in [3.05, 3.63) is 22.7 Å². The number of nitrogens with zero attached hydrogens (tertiary/aromatic N) is 3. The number of hydrogen-bond donors (Lipinski definition) is 1. The van der Waals surface area contributed by atoms with Gasteiger partial charge in [0.25, 0.3) is 5.56 Å². The molecule has 1 saturated heterocycles. The van der Waals surface area contributed by atoms with E-state index in [1.54, 1.807) is 17.0 Å². The number of hydrogen-bond acceptors (Lipinski definition) is 4. The Hall–Kier alpha value is -1.85. The Kier molecular flexibility index (Phi) is 3.87. The van der Waals surface area contributed by atoms with E-state index in [2.05, 4.69) is 18.8 Å². The molecule has 0 saturated carbocycles. The van der Waals surface area contributed by atoms with Gasteiger partial charge in [-0.15, -0.1) is 0 Å². The van der Waals surface area contributed by atoms with Crippen LogP contribution in [0.4, 0.5) is 5.82 Å². The normalized spacial score (nSPS) is 15.6. The van der Waals surface area contributed by atoms with E-state index in [1.807, 2.05) is 4.90 Å². The van der Waals surface area contributed by atoms with E-state index in [0.717, 1.165) is 0 Å². The van der Waals surface area contributed by atoms with Gasteiger partial charge in [-0.2, -0.15) is 0 Å². The number of carbonyl (C=O) groups is 1. The Balaban J connectivity index is 2.06. The standard InChI is InChI=1S/C13H19N3O3/c1-9(2)6-15-4-3-14-12(13(15)19)16-7-10(8-16)5-11(17)18/h3-4,9-10H,5-8H2,1-2H3,(H,17,18). The molecule has 1 aromatic heterocycles. The number of aliphatic carboxylic acids is 1. The highest BCUT2D eigenvalue weighted by molar-refractivity contribution is 5.67. The zero-order valence-corrected chi connectivity index (χ0v) is 11.2. The molecule has 19 heavy (non-hydrogen) atoms. The fourth-order valence-electron chi connectivity index (χ4n) is 2.31. The maximum absolute atomic E-state index is 12.2. The molecule has 0 atom stereocenters. The fraction of sp³-hybridized carbons (Fsp3) is 0.615. The van der Waals surface area contributed by atoms with Crippen LogP contribution in [0, 0.1) is 11.8 Å². The number of aromatic nitrogens is 2. The first kappa shape index (κ1) is 13.6. The van der Waals surface area contributed by atoms with Crippen LogP contribution in [0.1, 0.15) is 20.3 Å². The molecule has 0 aliphatic carbocycles. The quantitative estimate of drug-likeness (QED) is 0.852. The molecule has 1 N–H and O–H groups in total. The zero-order chi connectivity index (χ0) is 14.0. The molecule has 0 amide bonds. The second-order valence-corrected chi connectivity index (χ2v) is 5.47. The fourth-order valence-corrected chi connectivity index (χ4v) is 2.31. The van der Waals surface area contributed by atoms with Crippen molar-refractivity contribution in [2.24, 2.45) is 11.8 Å². The third-order valence-corrected chi connectivity index (χ3v) is 3.18.